The average Bonchev–Trinajstić information content (AvgIpc) is 2.72. The molecule has 8 heteroatoms. The maximum atomic E-state index is 14.4. The molecule has 0 bridgehead atoms. The van der Waals surface area contributed by atoms with Gasteiger partial charge in [-0.3, -0.25) is 0 Å². The molecule has 0 heterocycles. The summed E-state index contributed by atoms with van der Waals surface area (Å²) in [4.78, 5) is 0. The van der Waals surface area contributed by atoms with Crippen LogP contribution in [-0.4, -0.2) is 11.0 Å². The number of nitrogens with zero attached hydrogens (tertiary/aromatic N) is 1. The maximum Gasteiger partial charge on any atom is 0.346 e. The Morgan fingerprint density at radius 3 is 2.56 bits per heavy atom. The largest absolute Gasteiger partial charge is 0.457 e. The van der Waals surface area contributed by atoms with Crippen LogP contribution in [0.3, 0.4) is 0 Å². The highest BCUT2D eigenvalue weighted by atomic mass is 19.3. The van der Waals surface area contributed by atoms with Gasteiger partial charge in [-0.25, -0.2) is 4.39 Å². The van der Waals surface area contributed by atoms with Crippen molar-refractivity contribution >= 4 is 0 Å². The fourth-order valence-electron chi connectivity index (χ4n) is 3.91. The Hall–Kier alpha value is -2.66. The minimum atomic E-state index is -4.65. The second-order valence-electron chi connectivity index (χ2n) is 6.72. The summed E-state index contributed by atoms with van der Waals surface area (Å²) in [6.07, 6.45) is -0.299. The van der Waals surface area contributed by atoms with Crippen molar-refractivity contribution in [2.45, 2.75) is 36.7 Å². The lowest BCUT2D eigenvalue weighted by atomic mass is 9.78. The van der Waals surface area contributed by atoms with Crippen molar-refractivity contribution in [3.63, 3.8) is 0 Å². The summed E-state index contributed by atoms with van der Waals surface area (Å²) < 4.78 is 76.4. The van der Waals surface area contributed by atoms with Crippen LogP contribution in [0.15, 0.2) is 30.3 Å². The van der Waals surface area contributed by atoms with Crippen molar-refractivity contribution in [3.05, 3.63) is 58.4 Å². The molecule has 0 aromatic heterocycles. The van der Waals surface area contributed by atoms with Crippen molar-refractivity contribution < 1.29 is 31.8 Å². The van der Waals surface area contributed by atoms with Crippen molar-refractivity contribution in [3.8, 4) is 17.6 Å². The SMILES string of the molecule is N#Cc1cc(F)cc(Oc2ccc3c4c2CCCC4(O)C(F)(F)C3(F)F)c1. The molecule has 2 aliphatic carbocycles. The first kappa shape index (κ1) is 17.7. The summed E-state index contributed by atoms with van der Waals surface area (Å²) in [6, 6.07) is 6.86. The van der Waals surface area contributed by atoms with Gasteiger partial charge in [-0.1, -0.05) is 0 Å². The molecule has 0 amide bonds. The molecule has 2 aromatic carbocycles. The first-order valence-electron chi connectivity index (χ1n) is 8.15. The number of ether oxygens (including phenoxy) is 1. The van der Waals surface area contributed by atoms with Gasteiger partial charge in [0.25, 0.3) is 0 Å². The molecule has 0 spiro atoms. The predicted molar refractivity (Wildman–Crippen MR) is 83.3 cm³/mol. The third-order valence-corrected chi connectivity index (χ3v) is 5.13. The molecule has 4 rings (SSSR count). The van der Waals surface area contributed by atoms with E-state index in [0.29, 0.717) is 0 Å². The van der Waals surface area contributed by atoms with Crippen LogP contribution >= 0.6 is 0 Å². The highest BCUT2D eigenvalue weighted by molar-refractivity contribution is 5.57. The van der Waals surface area contributed by atoms with Crippen LogP contribution in [0.5, 0.6) is 11.5 Å². The summed E-state index contributed by atoms with van der Waals surface area (Å²) in [5.41, 5.74) is -4.40. The number of hydrogen-bond donors (Lipinski definition) is 1. The third kappa shape index (κ3) is 2.21. The number of halogens is 5. The second-order valence-corrected chi connectivity index (χ2v) is 6.72. The van der Waals surface area contributed by atoms with Crippen LogP contribution < -0.4 is 4.74 Å². The Morgan fingerprint density at radius 1 is 1.11 bits per heavy atom. The van der Waals surface area contributed by atoms with Gasteiger partial charge in [-0.2, -0.15) is 22.8 Å². The highest BCUT2D eigenvalue weighted by Crippen LogP contribution is 2.64. The zero-order valence-electron chi connectivity index (χ0n) is 13.7. The summed E-state index contributed by atoms with van der Waals surface area (Å²) in [5.74, 6) is -10.0. The van der Waals surface area contributed by atoms with Crippen LogP contribution in [0.1, 0.15) is 35.1 Å². The van der Waals surface area contributed by atoms with Crippen LogP contribution in [0.2, 0.25) is 0 Å². The Kier molecular flexibility index (Phi) is 3.56. The van der Waals surface area contributed by atoms with E-state index in [-0.39, 0.29) is 35.5 Å². The fourth-order valence-corrected chi connectivity index (χ4v) is 3.91. The van der Waals surface area contributed by atoms with Crippen molar-refractivity contribution in [1.82, 2.24) is 0 Å². The van der Waals surface area contributed by atoms with Gasteiger partial charge in [0.2, 0.25) is 0 Å². The average molecular weight is 381 g/mol. The van der Waals surface area contributed by atoms with Crippen LogP contribution in [0.4, 0.5) is 22.0 Å². The van der Waals surface area contributed by atoms with Gasteiger partial charge in [-0.05, 0) is 43.5 Å². The summed E-state index contributed by atoms with van der Waals surface area (Å²) in [6.45, 7) is 0. The molecule has 2 aromatic rings. The lowest BCUT2D eigenvalue weighted by Gasteiger charge is -2.36. The molecule has 0 radical (unpaired) electrons. The first-order chi connectivity index (χ1) is 12.6. The molecule has 1 unspecified atom stereocenters. The van der Waals surface area contributed by atoms with E-state index in [1.54, 1.807) is 6.07 Å². The Bertz CT molecular complexity index is 998. The molecular weight excluding hydrogens is 369 g/mol. The first-order valence-corrected chi connectivity index (χ1v) is 8.15. The molecule has 27 heavy (non-hydrogen) atoms. The molecule has 1 atom stereocenters. The quantitative estimate of drug-likeness (QED) is 0.764. The van der Waals surface area contributed by atoms with Crippen molar-refractivity contribution in [2.24, 2.45) is 0 Å². The Labute approximate surface area is 150 Å². The smallest absolute Gasteiger partial charge is 0.346 e. The van der Waals surface area contributed by atoms with Gasteiger partial charge >= 0.3 is 11.8 Å². The molecule has 1 N–H and O–H groups in total. The summed E-state index contributed by atoms with van der Waals surface area (Å²) in [5, 5.41) is 19.4. The van der Waals surface area contributed by atoms with Gasteiger partial charge in [0.1, 0.15) is 17.3 Å². The molecule has 3 nitrogen and oxygen atoms in total. The fraction of sp³-hybridized carbons (Fsp3) is 0.316. The Balaban J connectivity index is 1.87. The standard InChI is InChI=1S/C19H12F5NO2/c20-11-6-10(9-25)7-12(8-11)27-15-4-3-14-16-13(15)2-1-5-17(16,26)19(23,24)18(14,21)22/h3-4,6-8,26H,1-2,5H2. The van der Waals surface area contributed by atoms with Gasteiger partial charge in [0.15, 0.2) is 5.60 Å². The number of alkyl halides is 4. The zero-order valence-corrected chi connectivity index (χ0v) is 13.7. The molecule has 140 valence electrons. The van der Waals surface area contributed by atoms with E-state index in [1.807, 2.05) is 0 Å². The number of aliphatic hydroxyl groups is 1. The van der Waals surface area contributed by atoms with Crippen molar-refractivity contribution in [2.75, 3.05) is 0 Å². The number of benzene rings is 2. The maximum absolute atomic E-state index is 14.4. The molecule has 0 fully saturated rings. The highest BCUT2D eigenvalue weighted by Gasteiger charge is 2.76. The minimum Gasteiger partial charge on any atom is -0.457 e. The summed E-state index contributed by atoms with van der Waals surface area (Å²) in [7, 11) is 0. The van der Waals surface area contributed by atoms with E-state index >= 15 is 0 Å². The molecule has 2 aliphatic rings. The van der Waals surface area contributed by atoms with Crippen LogP contribution in [0, 0.1) is 17.1 Å². The van der Waals surface area contributed by atoms with Gasteiger partial charge < -0.3 is 9.84 Å². The molecule has 0 saturated heterocycles. The van der Waals surface area contributed by atoms with E-state index in [0.717, 1.165) is 24.3 Å². The number of rotatable bonds is 2. The molecular formula is C19H12F5NO2. The van der Waals surface area contributed by atoms with Gasteiger partial charge in [-0.15, -0.1) is 0 Å². The van der Waals surface area contributed by atoms with E-state index in [1.165, 1.54) is 6.07 Å². The van der Waals surface area contributed by atoms with Gasteiger partial charge in [0, 0.05) is 22.8 Å². The van der Waals surface area contributed by atoms with Crippen LogP contribution in [0.25, 0.3) is 0 Å². The topological polar surface area (TPSA) is 53.2 Å². The Morgan fingerprint density at radius 2 is 1.85 bits per heavy atom. The molecule has 0 aliphatic heterocycles. The van der Waals surface area contributed by atoms with E-state index in [9.17, 15) is 27.1 Å². The third-order valence-electron chi connectivity index (χ3n) is 5.13. The predicted octanol–water partition coefficient (Wildman–Crippen LogP) is 4.75. The lowest BCUT2D eigenvalue weighted by Crippen LogP contribution is -2.49. The van der Waals surface area contributed by atoms with E-state index < -0.39 is 40.8 Å². The monoisotopic (exact) mass is 381 g/mol. The second kappa shape index (κ2) is 5.42. The normalized spacial score (nSPS) is 24.2. The number of nitriles is 1. The van der Waals surface area contributed by atoms with E-state index in [4.69, 9.17) is 10.00 Å². The number of hydrogen-bond acceptors (Lipinski definition) is 3. The van der Waals surface area contributed by atoms with Crippen LogP contribution in [-0.2, 0) is 17.9 Å². The van der Waals surface area contributed by atoms with Crippen molar-refractivity contribution in [1.29, 1.82) is 5.26 Å². The summed E-state index contributed by atoms with van der Waals surface area (Å²) >= 11 is 0. The minimum absolute atomic E-state index is 0.0191. The lowest BCUT2D eigenvalue weighted by molar-refractivity contribution is -0.288. The molecule has 0 saturated carbocycles. The zero-order chi connectivity index (χ0) is 19.6. The van der Waals surface area contributed by atoms with Gasteiger partial charge in [0.05, 0.1) is 11.6 Å². The van der Waals surface area contributed by atoms with E-state index in [2.05, 4.69) is 0 Å².